The van der Waals surface area contributed by atoms with Crippen molar-refractivity contribution >= 4 is 12.4 Å². The van der Waals surface area contributed by atoms with E-state index in [9.17, 15) is 8.78 Å². The second-order valence-electron chi connectivity index (χ2n) is 8.15. The number of rotatable bonds is 9. The standard InChI is InChI=1S/C25H33F2N.C2H4O.C2H6/c1-6-7-22(20(5)24-11-8-17(2)12-25(24)27)16-28-15-21-10-9-18(3)23(14-21)13-19(4)26;1-2-3;1-2/h8-14,20,22,28H,6-7,15-16H2,1-5H3;2H,1H3;1-2H3/b19-13+;;. The average molecular weight is 460 g/mol. The van der Waals surface area contributed by atoms with Crippen LogP contribution in [-0.4, -0.2) is 12.8 Å². The van der Waals surface area contributed by atoms with Crippen molar-refractivity contribution < 1.29 is 13.6 Å². The van der Waals surface area contributed by atoms with Crippen LogP contribution >= 0.6 is 0 Å². The lowest BCUT2D eigenvalue weighted by Crippen LogP contribution is -2.26. The van der Waals surface area contributed by atoms with Crippen molar-refractivity contribution in [2.75, 3.05) is 6.54 Å². The van der Waals surface area contributed by atoms with Crippen LogP contribution in [0.25, 0.3) is 6.08 Å². The van der Waals surface area contributed by atoms with Crippen LogP contribution in [0.4, 0.5) is 8.78 Å². The molecule has 184 valence electrons. The predicted octanol–water partition coefficient (Wildman–Crippen LogP) is 8.31. The topological polar surface area (TPSA) is 29.1 Å². The number of aldehydes is 1. The summed E-state index contributed by atoms with van der Waals surface area (Å²) in [5, 5.41) is 3.53. The monoisotopic (exact) mass is 459 g/mol. The van der Waals surface area contributed by atoms with Gasteiger partial charge in [-0.1, -0.05) is 64.4 Å². The number of hydrogen-bond donors (Lipinski definition) is 1. The van der Waals surface area contributed by atoms with Crippen LogP contribution in [0.1, 0.15) is 88.1 Å². The lowest BCUT2D eigenvalue weighted by Gasteiger charge is -2.25. The first-order valence-electron chi connectivity index (χ1n) is 12.0. The minimum absolute atomic E-state index is 0.106. The van der Waals surface area contributed by atoms with Crippen molar-refractivity contribution in [1.82, 2.24) is 5.32 Å². The van der Waals surface area contributed by atoms with Crippen LogP contribution in [-0.2, 0) is 11.3 Å². The van der Waals surface area contributed by atoms with Crippen LogP contribution in [0.15, 0.2) is 42.2 Å². The van der Waals surface area contributed by atoms with Crippen molar-refractivity contribution in [3.63, 3.8) is 0 Å². The zero-order chi connectivity index (χ0) is 25.4. The number of allylic oxidation sites excluding steroid dienone is 1. The summed E-state index contributed by atoms with van der Waals surface area (Å²) in [7, 11) is 0. The van der Waals surface area contributed by atoms with Gasteiger partial charge in [0.05, 0.1) is 5.83 Å². The Labute approximate surface area is 200 Å². The molecule has 0 aliphatic rings. The Bertz CT molecular complexity index is 857. The van der Waals surface area contributed by atoms with Crippen molar-refractivity contribution in [3.8, 4) is 0 Å². The fraction of sp³-hybridized carbons (Fsp3) is 0.483. The summed E-state index contributed by atoms with van der Waals surface area (Å²) in [5.74, 6) is 0.217. The Morgan fingerprint density at radius 3 is 2.30 bits per heavy atom. The summed E-state index contributed by atoms with van der Waals surface area (Å²) in [5.41, 5.74) is 4.86. The van der Waals surface area contributed by atoms with Crippen molar-refractivity contribution in [2.24, 2.45) is 5.92 Å². The SMILES string of the molecule is CC.CC=O.CCCC(CNCc1ccc(C)c(/C=C(\C)F)c1)C(C)c1ccc(C)cc1F. The van der Waals surface area contributed by atoms with Gasteiger partial charge in [0.15, 0.2) is 0 Å². The van der Waals surface area contributed by atoms with Crippen LogP contribution in [0.2, 0.25) is 0 Å². The van der Waals surface area contributed by atoms with Gasteiger partial charge in [0.2, 0.25) is 0 Å². The molecule has 2 aromatic carbocycles. The molecule has 0 aromatic heterocycles. The van der Waals surface area contributed by atoms with Crippen molar-refractivity contribution in [1.29, 1.82) is 0 Å². The van der Waals surface area contributed by atoms with Crippen LogP contribution < -0.4 is 5.32 Å². The molecule has 0 fully saturated rings. The molecule has 0 radical (unpaired) electrons. The van der Waals surface area contributed by atoms with Gasteiger partial charge in [-0.25, -0.2) is 8.78 Å². The maximum Gasteiger partial charge on any atom is 0.126 e. The third-order valence-corrected chi connectivity index (χ3v) is 5.45. The molecule has 2 nitrogen and oxygen atoms in total. The highest BCUT2D eigenvalue weighted by atomic mass is 19.1. The fourth-order valence-electron chi connectivity index (χ4n) is 3.73. The number of hydrogen-bond acceptors (Lipinski definition) is 2. The normalized spacial score (nSPS) is 12.6. The van der Waals surface area contributed by atoms with Gasteiger partial charge in [0.25, 0.3) is 0 Å². The minimum atomic E-state index is -0.190. The average Bonchev–Trinajstić information content (AvgIpc) is 2.76. The van der Waals surface area contributed by atoms with Gasteiger partial charge >= 0.3 is 0 Å². The maximum atomic E-state index is 14.4. The quantitative estimate of drug-likeness (QED) is 0.382. The smallest absolute Gasteiger partial charge is 0.126 e. The molecule has 0 heterocycles. The Balaban J connectivity index is 0.00000189. The molecule has 0 saturated heterocycles. The molecule has 0 aliphatic carbocycles. The summed E-state index contributed by atoms with van der Waals surface area (Å²) in [6.45, 7) is 16.6. The van der Waals surface area contributed by atoms with E-state index in [1.54, 1.807) is 12.1 Å². The number of benzene rings is 2. The second-order valence-corrected chi connectivity index (χ2v) is 8.15. The van der Waals surface area contributed by atoms with Crippen molar-refractivity contribution in [2.45, 2.75) is 80.7 Å². The molecule has 0 amide bonds. The van der Waals surface area contributed by atoms with E-state index in [2.05, 4.69) is 25.2 Å². The molecule has 0 saturated carbocycles. The number of carbonyl (C=O) groups excluding carboxylic acids is 1. The Morgan fingerprint density at radius 2 is 1.76 bits per heavy atom. The van der Waals surface area contributed by atoms with Crippen LogP contribution in [0.5, 0.6) is 0 Å². The Kier molecular flexibility index (Phi) is 16.0. The summed E-state index contributed by atoms with van der Waals surface area (Å²) in [6.07, 6.45) is 4.44. The summed E-state index contributed by atoms with van der Waals surface area (Å²) >= 11 is 0. The molecule has 2 aromatic rings. The first-order chi connectivity index (χ1) is 15.7. The van der Waals surface area contributed by atoms with Gasteiger partial charge < -0.3 is 10.1 Å². The van der Waals surface area contributed by atoms with E-state index in [-0.39, 0.29) is 17.6 Å². The molecular formula is C29H43F2NO. The molecular weight excluding hydrogens is 416 g/mol. The molecule has 1 N–H and O–H groups in total. The third-order valence-electron chi connectivity index (χ3n) is 5.45. The van der Waals surface area contributed by atoms with Gasteiger partial charge in [0.1, 0.15) is 12.1 Å². The second kappa shape index (κ2) is 17.2. The van der Waals surface area contributed by atoms with E-state index in [4.69, 9.17) is 4.79 Å². The maximum absolute atomic E-state index is 14.4. The lowest BCUT2D eigenvalue weighted by molar-refractivity contribution is -0.106. The van der Waals surface area contributed by atoms with Gasteiger partial charge in [-0.15, -0.1) is 0 Å². The van der Waals surface area contributed by atoms with E-state index >= 15 is 0 Å². The minimum Gasteiger partial charge on any atom is -0.312 e. The largest absolute Gasteiger partial charge is 0.312 e. The number of halogens is 2. The summed E-state index contributed by atoms with van der Waals surface area (Å²) in [6, 6.07) is 11.7. The first kappa shape index (κ1) is 30.7. The summed E-state index contributed by atoms with van der Waals surface area (Å²) in [4.78, 5) is 8.81. The highest BCUT2D eigenvalue weighted by molar-refractivity contribution is 5.55. The van der Waals surface area contributed by atoms with E-state index in [1.165, 1.54) is 13.8 Å². The first-order valence-corrected chi connectivity index (χ1v) is 12.0. The van der Waals surface area contributed by atoms with Gasteiger partial charge in [-0.2, -0.15) is 0 Å². The molecule has 33 heavy (non-hydrogen) atoms. The third kappa shape index (κ3) is 11.4. The Morgan fingerprint density at radius 1 is 1.12 bits per heavy atom. The molecule has 0 aliphatic heterocycles. The van der Waals surface area contributed by atoms with E-state index < -0.39 is 0 Å². The molecule has 2 rings (SSSR count). The van der Waals surface area contributed by atoms with E-state index in [0.717, 1.165) is 60.0 Å². The molecule has 2 unspecified atom stereocenters. The lowest BCUT2D eigenvalue weighted by atomic mass is 9.84. The Hall–Kier alpha value is -2.33. The van der Waals surface area contributed by atoms with Crippen LogP contribution in [0.3, 0.4) is 0 Å². The summed E-state index contributed by atoms with van der Waals surface area (Å²) < 4.78 is 27.7. The highest BCUT2D eigenvalue weighted by Crippen LogP contribution is 2.30. The zero-order valence-electron chi connectivity index (χ0n) is 21.8. The fourth-order valence-corrected chi connectivity index (χ4v) is 3.73. The molecule has 0 spiro atoms. The molecule has 2 atom stereocenters. The van der Waals surface area contributed by atoms with Crippen molar-refractivity contribution in [3.05, 3.63) is 75.9 Å². The predicted molar refractivity (Wildman–Crippen MR) is 139 cm³/mol. The van der Waals surface area contributed by atoms with Gasteiger partial charge in [-0.3, -0.25) is 0 Å². The van der Waals surface area contributed by atoms with Gasteiger partial charge in [-0.05, 0) is 92.5 Å². The highest BCUT2D eigenvalue weighted by Gasteiger charge is 2.21. The molecule has 0 bridgehead atoms. The number of carbonyl (C=O) groups is 1. The van der Waals surface area contributed by atoms with E-state index in [0.29, 0.717) is 5.92 Å². The van der Waals surface area contributed by atoms with E-state index in [1.807, 2.05) is 52.0 Å². The van der Waals surface area contributed by atoms with Gasteiger partial charge in [0, 0.05) is 6.54 Å². The number of aryl methyl sites for hydroxylation is 2. The zero-order valence-corrected chi connectivity index (χ0v) is 21.8. The molecule has 4 heteroatoms. The van der Waals surface area contributed by atoms with Crippen LogP contribution in [0, 0.1) is 25.6 Å². The number of nitrogens with one attached hydrogen (secondary N) is 1.